The summed E-state index contributed by atoms with van der Waals surface area (Å²) in [5, 5.41) is 10.4. The Morgan fingerprint density at radius 3 is 2.31 bits per heavy atom. The summed E-state index contributed by atoms with van der Waals surface area (Å²) in [4.78, 5) is 0. The molecule has 16 heavy (non-hydrogen) atoms. The number of fused-ring (bicyclic) bond motifs is 3. The van der Waals surface area contributed by atoms with Crippen molar-refractivity contribution in [3.8, 4) is 0 Å². The van der Waals surface area contributed by atoms with Crippen LogP contribution in [0.2, 0.25) is 0 Å². The molecule has 90 valence electrons. The van der Waals surface area contributed by atoms with E-state index in [1.165, 1.54) is 44.9 Å². The fourth-order valence-electron chi connectivity index (χ4n) is 5.24. The van der Waals surface area contributed by atoms with E-state index in [0.29, 0.717) is 5.92 Å². The molecule has 4 aliphatic rings. The van der Waals surface area contributed by atoms with Crippen LogP contribution in [-0.4, -0.2) is 11.2 Å². The molecule has 6 unspecified atom stereocenters. The largest absolute Gasteiger partial charge is 0.393 e. The Morgan fingerprint density at radius 2 is 1.69 bits per heavy atom. The maximum atomic E-state index is 10.4. The molecule has 0 amide bonds. The van der Waals surface area contributed by atoms with Crippen LogP contribution >= 0.6 is 0 Å². The van der Waals surface area contributed by atoms with Gasteiger partial charge < -0.3 is 5.11 Å². The molecule has 1 N–H and O–H groups in total. The lowest BCUT2D eigenvalue weighted by Crippen LogP contribution is -2.25. The van der Waals surface area contributed by atoms with Crippen molar-refractivity contribution in [1.29, 1.82) is 0 Å². The van der Waals surface area contributed by atoms with Crippen LogP contribution in [0.5, 0.6) is 0 Å². The fourth-order valence-corrected chi connectivity index (χ4v) is 5.24. The van der Waals surface area contributed by atoms with Crippen LogP contribution in [-0.2, 0) is 0 Å². The first-order valence-electron chi connectivity index (χ1n) is 7.47. The first-order chi connectivity index (χ1) is 7.79. The molecule has 4 fully saturated rings. The predicted molar refractivity (Wildman–Crippen MR) is 63.9 cm³/mol. The van der Waals surface area contributed by atoms with Crippen molar-refractivity contribution in [2.45, 2.75) is 57.5 Å². The topological polar surface area (TPSA) is 20.2 Å². The molecule has 0 saturated heterocycles. The van der Waals surface area contributed by atoms with Gasteiger partial charge in [-0.1, -0.05) is 6.42 Å². The van der Waals surface area contributed by atoms with E-state index in [2.05, 4.69) is 0 Å². The molecule has 6 atom stereocenters. The Bertz CT molecular complexity index is 277. The summed E-state index contributed by atoms with van der Waals surface area (Å²) in [6.45, 7) is 0. The zero-order valence-electron chi connectivity index (χ0n) is 10.1. The monoisotopic (exact) mass is 220 g/mol. The van der Waals surface area contributed by atoms with Crippen molar-refractivity contribution in [2.24, 2.45) is 35.5 Å². The third kappa shape index (κ3) is 1.54. The van der Waals surface area contributed by atoms with Gasteiger partial charge in [-0.05, 0) is 80.5 Å². The van der Waals surface area contributed by atoms with Crippen LogP contribution in [0.25, 0.3) is 0 Å². The highest BCUT2D eigenvalue weighted by molar-refractivity contribution is 4.99. The second-order valence-corrected chi connectivity index (χ2v) is 7.23. The van der Waals surface area contributed by atoms with E-state index in [-0.39, 0.29) is 6.10 Å². The third-order valence-electron chi connectivity index (χ3n) is 6.25. The van der Waals surface area contributed by atoms with Gasteiger partial charge in [-0.2, -0.15) is 0 Å². The summed E-state index contributed by atoms with van der Waals surface area (Å²) in [6.07, 6.45) is 11.3. The van der Waals surface area contributed by atoms with Gasteiger partial charge in [0, 0.05) is 0 Å². The number of rotatable bonds is 3. The molecule has 0 aromatic rings. The maximum absolute atomic E-state index is 10.4. The standard InChI is InChI=1S/C15H24O/c16-15(14-6-12-5-13(12)7-14)8-11-4-9-1-2-10(11)3-9/h9-16H,1-8H2. The van der Waals surface area contributed by atoms with Gasteiger partial charge >= 0.3 is 0 Å². The highest BCUT2D eigenvalue weighted by Gasteiger charge is 2.48. The Hall–Kier alpha value is -0.0400. The third-order valence-corrected chi connectivity index (χ3v) is 6.25. The number of hydrogen-bond donors (Lipinski definition) is 1. The molecule has 1 nitrogen and oxygen atoms in total. The minimum absolute atomic E-state index is 0.0529. The van der Waals surface area contributed by atoms with E-state index in [9.17, 15) is 5.11 Å². The molecule has 2 bridgehead atoms. The summed E-state index contributed by atoms with van der Waals surface area (Å²) in [6, 6.07) is 0. The lowest BCUT2D eigenvalue weighted by atomic mass is 9.81. The van der Waals surface area contributed by atoms with Crippen LogP contribution in [0.1, 0.15) is 51.4 Å². The van der Waals surface area contributed by atoms with E-state index in [0.717, 1.165) is 36.0 Å². The first-order valence-corrected chi connectivity index (χ1v) is 7.47. The van der Waals surface area contributed by atoms with E-state index < -0.39 is 0 Å². The molecule has 0 radical (unpaired) electrons. The average Bonchev–Trinajstić information content (AvgIpc) is 2.75. The highest BCUT2D eigenvalue weighted by Crippen LogP contribution is 2.56. The molecule has 0 aliphatic heterocycles. The normalized spacial score (nSPS) is 55.3. The van der Waals surface area contributed by atoms with Crippen LogP contribution in [0.3, 0.4) is 0 Å². The SMILES string of the molecule is OC(CC1CC2CCC1C2)C1CC2CC2C1. The van der Waals surface area contributed by atoms with Gasteiger partial charge in [-0.3, -0.25) is 0 Å². The average molecular weight is 220 g/mol. The molecule has 4 rings (SSSR count). The van der Waals surface area contributed by atoms with Crippen molar-refractivity contribution >= 4 is 0 Å². The van der Waals surface area contributed by atoms with E-state index in [1.807, 2.05) is 0 Å². The van der Waals surface area contributed by atoms with E-state index in [4.69, 9.17) is 0 Å². The van der Waals surface area contributed by atoms with Gasteiger partial charge in [0.05, 0.1) is 6.10 Å². The molecular formula is C15H24O. The Balaban J connectivity index is 1.33. The summed E-state index contributed by atoms with van der Waals surface area (Å²) in [7, 11) is 0. The highest BCUT2D eigenvalue weighted by atomic mass is 16.3. The molecular weight excluding hydrogens is 196 g/mol. The van der Waals surface area contributed by atoms with Gasteiger partial charge in [0.1, 0.15) is 0 Å². The maximum Gasteiger partial charge on any atom is 0.0571 e. The van der Waals surface area contributed by atoms with E-state index >= 15 is 0 Å². The minimum Gasteiger partial charge on any atom is -0.393 e. The lowest BCUT2D eigenvalue weighted by Gasteiger charge is -2.27. The molecule has 4 aliphatic carbocycles. The smallest absolute Gasteiger partial charge is 0.0571 e. The zero-order chi connectivity index (χ0) is 10.7. The second-order valence-electron chi connectivity index (χ2n) is 7.23. The second kappa shape index (κ2) is 3.48. The van der Waals surface area contributed by atoms with Gasteiger partial charge in [0.25, 0.3) is 0 Å². The molecule has 1 heteroatoms. The van der Waals surface area contributed by atoms with Crippen molar-refractivity contribution < 1.29 is 5.11 Å². The lowest BCUT2D eigenvalue weighted by molar-refractivity contribution is 0.0676. The molecule has 0 aromatic carbocycles. The van der Waals surface area contributed by atoms with Crippen molar-refractivity contribution in [3.63, 3.8) is 0 Å². The van der Waals surface area contributed by atoms with Crippen molar-refractivity contribution in [3.05, 3.63) is 0 Å². The number of aliphatic hydroxyl groups excluding tert-OH is 1. The van der Waals surface area contributed by atoms with Gasteiger partial charge in [-0.15, -0.1) is 0 Å². The zero-order valence-corrected chi connectivity index (χ0v) is 10.1. The Morgan fingerprint density at radius 1 is 0.875 bits per heavy atom. The van der Waals surface area contributed by atoms with Crippen LogP contribution in [0, 0.1) is 35.5 Å². The van der Waals surface area contributed by atoms with Gasteiger partial charge in [0.15, 0.2) is 0 Å². The van der Waals surface area contributed by atoms with E-state index in [1.54, 1.807) is 0 Å². The Kier molecular flexibility index (Phi) is 2.16. The van der Waals surface area contributed by atoms with Crippen molar-refractivity contribution in [1.82, 2.24) is 0 Å². The Labute approximate surface area is 98.6 Å². The summed E-state index contributed by atoms with van der Waals surface area (Å²) in [5.41, 5.74) is 0. The van der Waals surface area contributed by atoms with Gasteiger partial charge in [-0.25, -0.2) is 0 Å². The summed E-state index contributed by atoms with van der Waals surface area (Å²) < 4.78 is 0. The minimum atomic E-state index is 0.0529. The van der Waals surface area contributed by atoms with Crippen LogP contribution in [0.15, 0.2) is 0 Å². The van der Waals surface area contributed by atoms with Crippen LogP contribution < -0.4 is 0 Å². The van der Waals surface area contributed by atoms with Crippen LogP contribution in [0.4, 0.5) is 0 Å². The fraction of sp³-hybridized carbons (Fsp3) is 1.00. The molecule has 0 aromatic heterocycles. The predicted octanol–water partition coefficient (Wildman–Crippen LogP) is 3.22. The molecule has 4 saturated carbocycles. The quantitative estimate of drug-likeness (QED) is 0.774. The number of aliphatic hydroxyl groups is 1. The molecule has 0 heterocycles. The first kappa shape index (κ1) is 9.94. The number of hydrogen-bond acceptors (Lipinski definition) is 1. The summed E-state index contributed by atoms with van der Waals surface area (Å²) >= 11 is 0. The molecule has 0 spiro atoms. The summed E-state index contributed by atoms with van der Waals surface area (Å²) in [5.74, 6) is 5.67. The van der Waals surface area contributed by atoms with Gasteiger partial charge in [0.2, 0.25) is 0 Å². The van der Waals surface area contributed by atoms with Crippen molar-refractivity contribution in [2.75, 3.05) is 0 Å².